The molecule has 0 unspecified atom stereocenters. The molecule has 0 fully saturated rings. The van der Waals surface area contributed by atoms with E-state index in [1.807, 2.05) is 0 Å². The van der Waals surface area contributed by atoms with E-state index in [0.717, 1.165) is 0 Å². The minimum absolute atomic E-state index is 0.0532. The Morgan fingerprint density at radius 2 is 0.846 bits per heavy atom. The van der Waals surface area contributed by atoms with Crippen molar-refractivity contribution < 1.29 is 42.8 Å². The van der Waals surface area contributed by atoms with Crippen LogP contribution < -0.4 is 28.4 Å². The molecule has 0 N–H and O–H groups in total. The number of rotatable bonds is 9. The van der Waals surface area contributed by atoms with Gasteiger partial charge >= 0.3 is 17.9 Å². The van der Waals surface area contributed by atoms with E-state index >= 15 is 0 Å². The lowest BCUT2D eigenvalue weighted by Crippen LogP contribution is -2.13. The van der Waals surface area contributed by atoms with Gasteiger partial charge in [0.15, 0.2) is 11.5 Å². The minimum atomic E-state index is -0.746. The van der Waals surface area contributed by atoms with Crippen molar-refractivity contribution in [3.63, 3.8) is 0 Å². The lowest BCUT2D eigenvalue weighted by molar-refractivity contribution is 0.0679. The van der Waals surface area contributed by atoms with Gasteiger partial charge in [-0.2, -0.15) is 0 Å². The van der Waals surface area contributed by atoms with Gasteiger partial charge in [0.05, 0.1) is 38.0 Å². The molecule has 0 spiro atoms. The molecule has 9 nitrogen and oxygen atoms in total. The molecule has 0 saturated heterocycles. The fourth-order valence-corrected chi connectivity index (χ4v) is 3.45. The maximum absolute atomic E-state index is 12.9. The molecule has 0 radical (unpaired) electrons. The third-order valence-corrected chi connectivity index (χ3v) is 5.45. The summed E-state index contributed by atoms with van der Waals surface area (Å²) in [6.45, 7) is 0. The number of carbonyl (C=O) groups excluding carboxylic acids is 3. The predicted molar refractivity (Wildman–Crippen MR) is 140 cm³/mol. The Morgan fingerprint density at radius 3 is 1.28 bits per heavy atom. The third kappa shape index (κ3) is 6.72. The van der Waals surface area contributed by atoms with Gasteiger partial charge in [-0.1, -0.05) is 18.2 Å². The summed E-state index contributed by atoms with van der Waals surface area (Å²) < 4.78 is 32.1. The van der Waals surface area contributed by atoms with Crippen LogP contribution in [0.25, 0.3) is 0 Å². The predicted octanol–water partition coefficient (Wildman–Crippen LogP) is 5.37. The molecule has 4 aromatic carbocycles. The van der Waals surface area contributed by atoms with Gasteiger partial charge in [0.2, 0.25) is 0 Å². The van der Waals surface area contributed by atoms with Gasteiger partial charge in [-0.15, -0.1) is 0 Å². The van der Waals surface area contributed by atoms with E-state index in [9.17, 15) is 14.4 Å². The average Bonchev–Trinajstić information content (AvgIpc) is 2.98. The summed E-state index contributed by atoms with van der Waals surface area (Å²) in [7, 11) is 4.44. The third-order valence-electron chi connectivity index (χ3n) is 5.45. The van der Waals surface area contributed by atoms with Gasteiger partial charge in [-0.25, -0.2) is 14.4 Å². The summed E-state index contributed by atoms with van der Waals surface area (Å²) in [5, 5.41) is 0. The monoisotopic (exact) mass is 528 g/mol. The van der Waals surface area contributed by atoms with Crippen molar-refractivity contribution >= 4 is 17.9 Å². The molecule has 0 heterocycles. The van der Waals surface area contributed by atoms with Gasteiger partial charge < -0.3 is 28.4 Å². The molecule has 0 aliphatic carbocycles. The number of methoxy groups -OCH3 is 3. The van der Waals surface area contributed by atoms with Crippen LogP contribution >= 0.6 is 0 Å². The van der Waals surface area contributed by atoms with E-state index in [1.165, 1.54) is 57.7 Å². The molecule has 198 valence electrons. The maximum atomic E-state index is 12.9. The summed E-state index contributed by atoms with van der Waals surface area (Å²) in [6.07, 6.45) is 0. The van der Waals surface area contributed by atoms with Crippen molar-refractivity contribution in [3.05, 3.63) is 108 Å². The molecule has 0 aliphatic rings. The molecule has 0 saturated carbocycles. The maximum Gasteiger partial charge on any atom is 0.343 e. The second-order valence-electron chi connectivity index (χ2n) is 7.97. The molecule has 0 amide bonds. The standard InChI is InChI=1S/C30H24O9/c1-34-22-10-4-7-19(15-22)28(31)37-25-13-14-26(38-29(32)20-8-5-11-23(16-20)35-2)27(18-25)39-30(33)21-9-6-12-24(17-21)36-3/h4-18H,1-3H3. The van der Waals surface area contributed by atoms with Gasteiger partial charge in [-0.05, 0) is 66.7 Å². The van der Waals surface area contributed by atoms with Gasteiger partial charge in [-0.3, -0.25) is 0 Å². The Bertz CT molecular complexity index is 1510. The molecule has 0 aromatic heterocycles. The molecule has 39 heavy (non-hydrogen) atoms. The number of carbonyl (C=O) groups is 3. The Hall–Kier alpha value is -5.31. The van der Waals surface area contributed by atoms with Crippen LogP contribution in [0.2, 0.25) is 0 Å². The van der Waals surface area contributed by atoms with E-state index in [1.54, 1.807) is 54.6 Å². The van der Waals surface area contributed by atoms with Crippen molar-refractivity contribution in [2.75, 3.05) is 21.3 Å². The van der Waals surface area contributed by atoms with Crippen molar-refractivity contribution in [1.82, 2.24) is 0 Å². The largest absolute Gasteiger partial charge is 0.497 e. The second kappa shape index (κ2) is 12.3. The molecule has 4 aromatic rings. The van der Waals surface area contributed by atoms with Crippen molar-refractivity contribution in [2.24, 2.45) is 0 Å². The van der Waals surface area contributed by atoms with Crippen LogP contribution in [-0.2, 0) is 0 Å². The first-order valence-electron chi connectivity index (χ1n) is 11.6. The van der Waals surface area contributed by atoms with E-state index in [-0.39, 0.29) is 33.9 Å². The molecule has 0 aliphatic heterocycles. The summed E-state index contributed by atoms with van der Waals surface area (Å²) in [6, 6.07) is 23.2. The zero-order valence-electron chi connectivity index (χ0n) is 21.3. The van der Waals surface area contributed by atoms with E-state index in [0.29, 0.717) is 17.2 Å². The SMILES string of the molecule is COc1cccc(C(=O)Oc2ccc(OC(=O)c3cccc(OC)c3)c(OC(=O)c3cccc(OC)c3)c2)c1. The van der Waals surface area contributed by atoms with E-state index in [2.05, 4.69) is 0 Å². The molecule has 0 bridgehead atoms. The first-order valence-corrected chi connectivity index (χ1v) is 11.6. The van der Waals surface area contributed by atoms with Crippen LogP contribution in [0.4, 0.5) is 0 Å². The number of esters is 3. The van der Waals surface area contributed by atoms with Crippen LogP contribution in [0.5, 0.6) is 34.5 Å². The van der Waals surface area contributed by atoms with Gasteiger partial charge in [0.1, 0.15) is 23.0 Å². The number of hydrogen-bond acceptors (Lipinski definition) is 9. The molecular weight excluding hydrogens is 504 g/mol. The Labute approximate surface area is 224 Å². The Morgan fingerprint density at radius 1 is 0.436 bits per heavy atom. The average molecular weight is 529 g/mol. The molecular formula is C30H24O9. The first-order chi connectivity index (χ1) is 18.9. The lowest BCUT2D eigenvalue weighted by Gasteiger charge is -2.13. The summed E-state index contributed by atoms with van der Waals surface area (Å²) in [5.41, 5.74) is 0.656. The first kappa shape index (κ1) is 26.7. The van der Waals surface area contributed by atoms with E-state index in [4.69, 9.17) is 28.4 Å². The van der Waals surface area contributed by atoms with Crippen LogP contribution in [0, 0.1) is 0 Å². The van der Waals surface area contributed by atoms with Crippen molar-refractivity contribution in [1.29, 1.82) is 0 Å². The quantitative estimate of drug-likeness (QED) is 0.209. The highest BCUT2D eigenvalue weighted by Crippen LogP contribution is 2.34. The highest BCUT2D eigenvalue weighted by molar-refractivity contribution is 5.94. The van der Waals surface area contributed by atoms with Gasteiger partial charge in [0, 0.05) is 6.07 Å². The summed E-state index contributed by atoms with van der Waals surface area (Å²) in [4.78, 5) is 38.5. The Kier molecular flexibility index (Phi) is 8.43. The minimum Gasteiger partial charge on any atom is -0.497 e. The lowest BCUT2D eigenvalue weighted by atomic mass is 10.2. The molecule has 0 atom stereocenters. The van der Waals surface area contributed by atoms with Crippen molar-refractivity contribution in [2.45, 2.75) is 0 Å². The smallest absolute Gasteiger partial charge is 0.343 e. The fourth-order valence-electron chi connectivity index (χ4n) is 3.45. The summed E-state index contributed by atoms with van der Waals surface area (Å²) in [5.74, 6) is -0.883. The highest BCUT2D eigenvalue weighted by atomic mass is 16.6. The number of benzene rings is 4. The van der Waals surface area contributed by atoms with Crippen LogP contribution in [-0.4, -0.2) is 39.2 Å². The normalized spacial score (nSPS) is 10.2. The van der Waals surface area contributed by atoms with Crippen molar-refractivity contribution in [3.8, 4) is 34.5 Å². The van der Waals surface area contributed by atoms with Crippen LogP contribution in [0.15, 0.2) is 91.0 Å². The fraction of sp³-hybridized carbons (Fsp3) is 0.100. The Balaban J connectivity index is 1.63. The van der Waals surface area contributed by atoms with Crippen LogP contribution in [0.3, 0.4) is 0 Å². The highest BCUT2D eigenvalue weighted by Gasteiger charge is 2.20. The zero-order valence-corrected chi connectivity index (χ0v) is 21.3. The van der Waals surface area contributed by atoms with Crippen LogP contribution in [0.1, 0.15) is 31.1 Å². The molecule has 4 rings (SSSR count). The van der Waals surface area contributed by atoms with Gasteiger partial charge in [0.25, 0.3) is 0 Å². The second-order valence-corrected chi connectivity index (χ2v) is 7.97. The topological polar surface area (TPSA) is 107 Å². The number of hydrogen-bond donors (Lipinski definition) is 0. The van der Waals surface area contributed by atoms with E-state index < -0.39 is 17.9 Å². The molecule has 9 heteroatoms. The zero-order chi connectivity index (χ0) is 27.8. The summed E-state index contributed by atoms with van der Waals surface area (Å²) >= 11 is 0. The number of ether oxygens (including phenoxy) is 6.